The van der Waals surface area contributed by atoms with E-state index in [2.05, 4.69) is 5.32 Å². The third-order valence-corrected chi connectivity index (χ3v) is 5.28. The predicted octanol–water partition coefficient (Wildman–Crippen LogP) is 3.48. The van der Waals surface area contributed by atoms with Crippen molar-refractivity contribution < 1.29 is 19.5 Å². The molecular weight excluding hydrogens is 394 g/mol. The van der Waals surface area contributed by atoms with E-state index in [-0.39, 0.29) is 24.3 Å². The van der Waals surface area contributed by atoms with Crippen LogP contribution in [0, 0.1) is 13.8 Å². The average Bonchev–Trinajstić information content (AvgIpc) is 3.26. The molecule has 1 unspecified atom stereocenters. The second-order valence-electron chi connectivity index (χ2n) is 7.90. The van der Waals surface area contributed by atoms with E-state index in [1.54, 1.807) is 6.07 Å². The fraction of sp³-hybridized carbons (Fsp3) is 0.375. The van der Waals surface area contributed by atoms with E-state index >= 15 is 0 Å². The van der Waals surface area contributed by atoms with Crippen molar-refractivity contribution in [1.29, 1.82) is 0 Å². The monoisotopic (exact) mass is 425 g/mol. The number of carbonyl (C=O) groups excluding carboxylic acids is 2. The molecule has 1 saturated heterocycles. The van der Waals surface area contributed by atoms with Crippen molar-refractivity contribution in [3.63, 3.8) is 0 Å². The van der Waals surface area contributed by atoms with Crippen LogP contribution < -0.4 is 5.32 Å². The number of carboxylic acid groups (broad SMARTS) is 1. The minimum Gasteiger partial charge on any atom is -0.483 e. The number of aryl methyl sites for hydroxylation is 2. The summed E-state index contributed by atoms with van der Waals surface area (Å²) in [6, 6.07) is 13.1. The minimum absolute atomic E-state index is 0.0734. The molecule has 1 aliphatic rings. The number of benzene rings is 2. The Morgan fingerprint density at radius 2 is 1.65 bits per heavy atom. The normalized spacial score (nSPS) is 13.9. The molecule has 0 radical (unpaired) electrons. The molecule has 7 nitrogen and oxygen atoms in total. The van der Waals surface area contributed by atoms with Crippen molar-refractivity contribution in [2.24, 2.45) is 0 Å². The van der Waals surface area contributed by atoms with Gasteiger partial charge in [0.15, 0.2) is 0 Å². The maximum absolute atomic E-state index is 13.0. The molecule has 1 fully saturated rings. The highest BCUT2D eigenvalue weighted by Gasteiger charge is 2.24. The maximum Gasteiger partial charge on any atom is 0.290 e. The number of likely N-dealkylation sites (N-methyl/N-ethyl adjacent to an activating group) is 1. The maximum atomic E-state index is 13.0. The van der Waals surface area contributed by atoms with Gasteiger partial charge in [-0.05, 0) is 70.1 Å². The van der Waals surface area contributed by atoms with Crippen LogP contribution in [-0.2, 0) is 9.59 Å². The van der Waals surface area contributed by atoms with Crippen LogP contribution in [0.1, 0.15) is 45.9 Å². The van der Waals surface area contributed by atoms with Crippen LogP contribution >= 0.6 is 0 Å². The minimum atomic E-state index is -0.383. The Morgan fingerprint density at radius 1 is 1.06 bits per heavy atom. The lowest BCUT2D eigenvalue weighted by Gasteiger charge is -2.24. The largest absolute Gasteiger partial charge is 0.483 e. The molecule has 1 atom stereocenters. The van der Waals surface area contributed by atoms with Crippen LogP contribution in [0.4, 0.5) is 5.69 Å². The number of nitrogens with one attached hydrogen (secondary N) is 1. The Kier molecular flexibility index (Phi) is 8.75. The first-order chi connectivity index (χ1) is 14.8. The van der Waals surface area contributed by atoms with E-state index in [4.69, 9.17) is 9.90 Å². The Balaban J connectivity index is 0.00000107. The molecule has 2 aromatic rings. The zero-order valence-electron chi connectivity index (χ0n) is 18.6. The molecule has 0 aromatic heterocycles. The predicted molar refractivity (Wildman–Crippen MR) is 121 cm³/mol. The molecule has 2 N–H and O–H groups in total. The molecule has 1 aliphatic heterocycles. The van der Waals surface area contributed by atoms with Gasteiger partial charge >= 0.3 is 0 Å². The van der Waals surface area contributed by atoms with Crippen LogP contribution in [0.2, 0.25) is 0 Å². The van der Waals surface area contributed by atoms with Gasteiger partial charge in [0.1, 0.15) is 6.04 Å². The highest BCUT2D eigenvalue weighted by Crippen LogP contribution is 2.24. The van der Waals surface area contributed by atoms with Gasteiger partial charge in [-0.25, -0.2) is 0 Å². The third-order valence-electron chi connectivity index (χ3n) is 5.28. The number of hydrogen-bond acceptors (Lipinski definition) is 4. The van der Waals surface area contributed by atoms with Gasteiger partial charge in [0.25, 0.3) is 12.4 Å². The summed E-state index contributed by atoms with van der Waals surface area (Å²) < 4.78 is 0. The molecule has 0 spiro atoms. The van der Waals surface area contributed by atoms with Gasteiger partial charge in [-0.3, -0.25) is 19.3 Å². The van der Waals surface area contributed by atoms with Crippen molar-refractivity contribution in [3.05, 3.63) is 64.7 Å². The Hall–Kier alpha value is -3.19. The first-order valence-corrected chi connectivity index (χ1v) is 10.3. The first-order valence-electron chi connectivity index (χ1n) is 10.3. The van der Waals surface area contributed by atoms with Gasteiger partial charge in [0, 0.05) is 24.3 Å². The smallest absolute Gasteiger partial charge is 0.290 e. The molecular formula is C24H31N3O4. The SMILES string of the molecule is Cc1ccc(C(C(=O)Nc2ccc(C(=O)N3CCCC3)cc2C)N(C)C)cc1.O=CO. The second kappa shape index (κ2) is 11.3. The fourth-order valence-corrected chi connectivity index (χ4v) is 3.67. The Labute approximate surface area is 183 Å². The molecule has 0 bridgehead atoms. The van der Waals surface area contributed by atoms with Gasteiger partial charge in [-0.1, -0.05) is 29.8 Å². The Morgan fingerprint density at radius 3 is 2.16 bits per heavy atom. The molecule has 2 amide bonds. The Bertz CT molecular complexity index is 904. The van der Waals surface area contributed by atoms with Crippen LogP contribution in [-0.4, -0.2) is 60.4 Å². The first kappa shape index (κ1) is 24.1. The molecule has 0 aliphatic carbocycles. The molecule has 0 saturated carbocycles. The van der Waals surface area contributed by atoms with Crippen molar-refractivity contribution in [2.75, 3.05) is 32.5 Å². The molecule has 2 aromatic carbocycles. The number of carbonyl (C=O) groups is 3. The summed E-state index contributed by atoms with van der Waals surface area (Å²) >= 11 is 0. The van der Waals surface area contributed by atoms with Crippen molar-refractivity contribution in [2.45, 2.75) is 32.7 Å². The average molecular weight is 426 g/mol. The number of anilines is 1. The highest BCUT2D eigenvalue weighted by molar-refractivity contribution is 5.98. The molecule has 31 heavy (non-hydrogen) atoms. The summed E-state index contributed by atoms with van der Waals surface area (Å²) in [4.78, 5) is 37.7. The van der Waals surface area contributed by atoms with Crippen LogP contribution in [0.25, 0.3) is 0 Å². The van der Waals surface area contributed by atoms with Gasteiger partial charge in [-0.15, -0.1) is 0 Å². The summed E-state index contributed by atoms with van der Waals surface area (Å²) in [6.07, 6.45) is 2.15. The number of nitrogens with zero attached hydrogens (tertiary/aromatic N) is 2. The van der Waals surface area contributed by atoms with Gasteiger partial charge in [0.05, 0.1) is 0 Å². The quantitative estimate of drug-likeness (QED) is 0.716. The summed E-state index contributed by atoms with van der Waals surface area (Å²) in [5, 5.41) is 9.92. The third kappa shape index (κ3) is 6.39. The molecule has 7 heteroatoms. The van der Waals surface area contributed by atoms with Gasteiger partial charge in [-0.2, -0.15) is 0 Å². The number of rotatable bonds is 5. The van der Waals surface area contributed by atoms with E-state index in [1.165, 1.54) is 0 Å². The summed E-state index contributed by atoms with van der Waals surface area (Å²) in [5.41, 5.74) is 4.42. The number of amides is 2. The summed E-state index contributed by atoms with van der Waals surface area (Å²) in [7, 11) is 3.80. The summed E-state index contributed by atoms with van der Waals surface area (Å²) in [5.74, 6) is -0.0140. The van der Waals surface area contributed by atoms with Crippen LogP contribution in [0.5, 0.6) is 0 Å². The number of likely N-dealkylation sites (tertiary alicyclic amines) is 1. The lowest BCUT2D eigenvalue weighted by atomic mass is 10.0. The van der Waals surface area contributed by atoms with Gasteiger partial charge in [0.2, 0.25) is 5.91 Å². The molecule has 166 valence electrons. The zero-order chi connectivity index (χ0) is 23.0. The zero-order valence-corrected chi connectivity index (χ0v) is 18.6. The highest BCUT2D eigenvalue weighted by atomic mass is 16.3. The number of hydrogen-bond donors (Lipinski definition) is 2. The van der Waals surface area contributed by atoms with Crippen molar-refractivity contribution in [1.82, 2.24) is 9.80 Å². The van der Waals surface area contributed by atoms with E-state index in [0.717, 1.165) is 48.3 Å². The van der Waals surface area contributed by atoms with E-state index in [9.17, 15) is 9.59 Å². The van der Waals surface area contributed by atoms with E-state index in [1.807, 2.05) is 74.1 Å². The van der Waals surface area contributed by atoms with Crippen LogP contribution in [0.15, 0.2) is 42.5 Å². The second-order valence-corrected chi connectivity index (χ2v) is 7.90. The fourth-order valence-electron chi connectivity index (χ4n) is 3.67. The lowest BCUT2D eigenvalue weighted by Crippen LogP contribution is -2.32. The summed E-state index contributed by atoms with van der Waals surface area (Å²) in [6.45, 7) is 5.37. The van der Waals surface area contributed by atoms with E-state index < -0.39 is 0 Å². The van der Waals surface area contributed by atoms with Crippen molar-refractivity contribution >= 4 is 24.0 Å². The molecule has 1 heterocycles. The van der Waals surface area contributed by atoms with Crippen LogP contribution in [0.3, 0.4) is 0 Å². The lowest BCUT2D eigenvalue weighted by molar-refractivity contribution is -0.123. The standard InChI is InChI=1S/C23H29N3O2.CH2O2/c1-16-7-9-18(10-8-16)21(25(3)4)22(27)24-20-12-11-19(15-17(20)2)23(28)26-13-5-6-14-26;2-1-3/h7-12,15,21H,5-6,13-14H2,1-4H3,(H,24,27);1H,(H,2,3). The topological polar surface area (TPSA) is 90.0 Å². The van der Waals surface area contributed by atoms with Crippen molar-refractivity contribution in [3.8, 4) is 0 Å². The van der Waals surface area contributed by atoms with E-state index in [0.29, 0.717) is 5.56 Å². The molecule has 3 rings (SSSR count). The van der Waals surface area contributed by atoms with Gasteiger partial charge < -0.3 is 15.3 Å².